The fourth-order valence-corrected chi connectivity index (χ4v) is 6.72. The summed E-state index contributed by atoms with van der Waals surface area (Å²) in [6.07, 6.45) is 9.46. The fourth-order valence-electron chi connectivity index (χ4n) is 5.96. The number of hydrogen-bond donors (Lipinski definition) is 1. The molecule has 0 saturated carbocycles. The monoisotopic (exact) mass is 431 g/mol. The summed E-state index contributed by atoms with van der Waals surface area (Å²) in [4.78, 5) is 40.5. The minimum Gasteiger partial charge on any atom is -0.352 e. The van der Waals surface area contributed by atoms with E-state index in [9.17, 15) is 14.4 Å². The number of thioether (sulfide) groups is 1. The van der Waals surface area contributed by atoms with Crippen LogP contribution in [-0.4, -0.2) is 35.0 Å². The molecular weight excluding hydrogens is 394 g/mol. The van der Waals surface area contributed by atoms with Gasteiger partial charge in [0.05, 0.1) is 5.25 Å². The Morgan fingerprint density at radius 1 is 1.17 bits per heavy atom. The molecule has 6 atom stereocenters. The highest BCUT2D eigenvalue weighted by Gasteiger charge is 2.66. The van der Waals surface area contributed by atoms with Gasteiger partial charge in [0, 0.05) is 30.7 Å². The summed E-state index contributed by atoms with van der Waals surface area (Å²) in [7, 11) is 0. The summed E-state index contributed by atoms with van der Waals surface area (Å²) in [5, 5.41) is 2.79. The SMILES string of the molecule is CS[C@@H]1CC(=O)CCC/C(C)=C/[C@H]2C=C(C)[C@@H](C)[C@H]3[C@H](CC(C)C)NC(=O)[C@]32C1=O. The first-order valence-electron chi connectivity index (χ1n) is 11.4. The van der Waals surface area contributed by atoms with Crippen LogP contribution in [0.4, 0.5) is 0 Å². The minimum absolute atomic E-state index is 0.0142. The molecule has 0 aromatic rings. The molecule has 0 aromatic heterocycles. The predicted octanol–water partition coefficient (Wildman–Crippen LogP) is 4.74. The fraction of sp³-hybridized carbons (Fsp3) is 0.720. The first-order valence-corrected chi connectivity index (χ1v) is 12.7. The van der Waals surface area contributed by atoms with Gasteiger partial charge in [-0.3, -0.25) is 14.4 Å². The van der Waals surface area contributed by atoms with Gasteiger partial charge in [-0.25, -0.2) is 0 Å². The van der Waals surface area contributed by atoms with Gasteiger partial charge in [0.2, 0.25) is 5.91 Å². The zero-order valence-electron chi connectivity index (χ0n) is 19.3. The van der Waals surface area contributed by atoms with Crippen LogP contribution in [0, 0.1) is 29.1 Å². The lowest BCUT2D eigenvalue weighted by atomic mass is 9.54. The molecule has 5 heteroatoms. The highest BCUT2D eigenvalue weighted by atomic mass is 32.2. The third-order valence-electron chi connectivity index (χ3n) is 7.49. The van der Waals surface area contributed by atoms with Gasteiger partial charge < -0.3 is 5.32 Å². The lowest BCUT2D eigenvalue weighted by molar-refractivity contribution is -0.145. The van der Waals surface area contributed by atoms with E-state index < -0.39 is 10.7 Å². The Morgan fingerprint density at radius 3 is 2.50 bits per heavy atom. The van der Waals surface area contributed by atoms with Crippen molar-refractivity contribution >= 4 is 29.2 Å². The molecule has 1 fully saturated rings. The predicted molar refractivity (Wildman–Crippen MR) is 123 cm³/mol. The number of rotatable bonds is 3. The molecule has 4 nitrogen and oxygen atoms in total. The Hall–Kier alpha value is -1.36. The first kappa shape index (κ1) is 23.3. The highest BCUT2D eigenvalue weighted by Crippen LogP contribution is 2.56. The molecule has 1 saturated heterocycles. The Balaban J connectivity index is 2.23. The molecule has 1 amide bonds. The quantitative estimate of drug-likeness (QED) is 0.518. The highest BCUT2D eigenvalue weighted by molar-refractivity contribution is 8.00. The molecule has 1 heterocycles. The molecule has 3 aliphatic rings. The second-order valence-corrected chi connectivity index (χ2v) is 11.1. The van der Waals surface area contributed by atoms with E-state index in [4.69, 9.17) is 0 Å². The summed E-state index contributed by atoms with van der Waals surface area (Å²) in [5.74, 6) is 0.216. The third kappa shape index (κ3) is 3.94. The van der Waals surface area contributed by atoms with Crippen LogP contribution in [0.2, 0.25) is 0 Å². The van der Waals surface area contributed by atoms with Crippen molar-refractivity contribution in [3.05, 3.63) is 23.3 Å². The number of amides is 1. The number of carbonyl (C=O) groups excluding carboxylic acids is 3. The van der Waals surface area contributed by atoms with Gasteiger partial charge in [-0.1, -0.05) is 44.1 Å². The first-order chi connectivity index (χ1) is 14.1. The minimum atomic E-state index is -1.11. The summed E-state index contributed by atoms with van der Waals surface area (Å²) in [6.45, 7) is 10.7. The van der Waals surface area contributed by atoms with Crippen molar-refractivity contribution < 1.29 is 14.4 Å². The number of allylic oxidation sites excluding steroid dienone is 4. The van der Waals surface area contributed by atoms with E-state index in [-0.39, 0.29) is 47.7 Å². The van der Waals surface area contributed by atoms with Gasteiger partial charge >= 0.3 is 0 Å². The standard InChI is InChI=1S/C25H37NO3S/c1-14(2)10-20-22-17(5)16(4)12-18-11-15(3)8-7-9-19(27)13-21(30-6)23(28)25(18,22)24(29)26-20/h11-12,14,17-18,20-22H,7-10,13H2,1-6H3,(H,26,29)/b15-11+/t17-,18+,20+,21-,22+,25+/m1/s1. The van der Waals surface area contributed by atoms with Crippen molar-refractivity contribution in [3.8, 4) is 0 Å². The molecule has 0 radical (unpaired) electrons. The van der Waals surface area contributed by atoms with Crippen molar-refractivity contribution in [3.63, 3.8) is 0 Å². The van der Waals surface area contributed by atoms with Gasteiger partial charge in [-0.05, 0) is 51.2 Å². The zero-order valence-corrected chi connectivity index (χ0v) is 20.1. The van der Waals surface area contributed by atoms with E-state index in [1.165, 1.54) is 22.9 Å². The number of nitrogens with one attached hydrogen (secondary N) is 1. The molecule has 166 valence electrons. The van der Waals surface area contributed by atoms with Gasteiger partial charge in [-0.15, -0.1) is 0 Å². The molecule has 1 aliphatic heterocycles. The molecule has 1 spiro atoms. The molecule has 3 rings (SSSR count). The van der Waals surface area contributed by atoms with Crippen LogP contribution in [0.3, 0.4) is 0 Å². The Morgan fingerprint density at radius 2 is 1.87 bits per heavy atom. The summed E-state index contributed by atoms with van der Waals surface area (Å²) < 4.78 is 0. The number of ketones is 2. The molecule has 0 bridgehead atoms. The van der Waals surface area contributed by atoms with Crippen LogP contribution in [0.25, 0.3) is 0 Å². The van der Waals surface area contributed by atoms with E-state index in [0.717, 1.165) is 19.3 Å². The lowest BCUT2D eigenvalue weighted by Gasteiger charge is -2.46. The van der Waals surface area contributed by atoms with Crippen molar-refractivity contribution in [1.29, 1.82) is 0 Å². The number of hydrogen-bond acceptors (Lipinski definition) is 4. The van der Waals surface area contributed by atoms with Gasteiger partial charge in [-0.2, -0.15) is 11.8 Å². The Kier molecular flexibility index (Phi) is 7.01. The maximum Gasteiger partial charge on any atom is 0.235 e. The number of carbonyl (C=O) groups is 3. The maximum absolute atomic E-state index is 14.2. The molecule has 1 N–H and O–H groups in total. The third-order valence-corrected chi connectivity index (χ3v) is 8.44. The van der Waals surface area contributed by atoms with Crippen molar-refractivity contribution in [2.24, 2.45) is 29.1 Å². The lowest BCUT2D eigenvalue weighted by Crippen LogP contribution is -2.55. The molecule has 0 unspecified atom stereocenters. The molecule has 30 heavy (non-hydrogen) atoms. The Bertz CT molecular complexity index is 783. The van der Waals surface area contributed by atoms with Crippen LogP contribution < -0.4 is 5.32 Å². The topological polar surface area (TPSA) is 63.2 Å². The van der Waals surface area contributed by atoms with Gasteiger partial charge in [0.15, 0.2) is 5.78 Å². The summed E-state index contributed by atoms with van der Waals surface area (Å²) in [6, 6.07) is -0.0142. The molecule has 2 aliphatic carbocycles. The van der Waals surface area contributed by atoms with E-state index in [1.54, 1.807) is 0 Å². The van der Waals surface area contributed by atoms with Gasteiger partial charge in [0.1, 0.15) is 11.2 Å². The van der Waals surface area contributed by atoms with Crippen molar-refractivity contribution in [1.82, 2.24) is 5.32 Å². The van der Waals surface area contributed by atoms with Crippen molar-refractivity contribution in [2.45, 2.75) is 78.0 Å². The Labute approximate surface area is 185 Å². The smallest absolute Gasteiger partial charge is 0.235 e. The number of Topliss-reactive ketones (excluding diaryl/α,β-unsaturated/α-hetero) is 2. The average molecular weight is 432 g/mol. The van der Waals surface area contributed by atoms with Gasteiger partial charge in [0.25, 0.3) is 0 Å². The largest absolute Gasteiger partial charge is 0.352 e. The van der Waals surface area contributed by atoms with E-state index in [0.29, 0.717) is 12.3 Å². The van der Waals surface area contributed by atoms with Crippen LogP contribution in [0.1, 0.15) is 66.7 Å². The summed E-state index contributed by atoms with van der Waals surface area (Å²) in [5.41, 5.74) is 1.31. The second-order valence-electron chi connectivity index (χ2n) is 10.0. The normalized spacial score (nSPS) is 39.4. The van der Waals surface area contributed by atoms with Crippen LogP contribution in [0.5, 0.6) is 0 Å². The zero-order chi connectivity index (χ0) is 22.2. The van der Waals surface area contributed by atoms with Crippen LogP contribution >= 0.6 is 11.8 Å². The van der Waals surface area contributed by atoms with Crippen LogP contribution in [-0.2, 0) is 14.4 Å². The average Bonchev–Trinajstić information content (AvgIpc) is 2.94. The molecule has 0 aromatic carbocycles. The van der Waals surface area contributed by atoms with E-state index in [1.807, 2.05) is 6.26 Å². The second kappa shape index (κ2) is 9.02. The van der Waals surface area contributed by atoms with Crippen LogP contribution in [0.15, 0.2) is 23.3 Å². The van der Waals surface area contributed by atoms with E-state index >= 15 is 0 Å². The summed E-state index contributed by atoms with van der Waals surface area (Å²) >= 11 is 1.43. The molecular formula is C25H37NO3S. The maximum atomic E-state index is 14.2. The van der Waals surface area contributed by atoms with Crippen molar-refractivity contribution in [2.75, 3.05) is 6.26 Å². The van der Waals surface area contributed by atoms with E-state index in [2.05, 4.69) is 52.1 Å².